The number of methoxy groups -OCH3 is 3. The number of hydrogen-bond acceptors (Lipinski definition) is 5. The molecule has 0 N–H and O–H groups in total. The molecule has 1 heterocycles. The van der Waals surface area contributed by atoms with Crippen LogP contribution in [-0.2, 0) is 4.79 Å². The molecule has 1 aliphatic rings. The van der Waals surface area contributed by atoms with Crippen LogP contribution in [0.3, 0.4) is 0 Å². The Morgan fingerprint density at radius 2 is 1.48 bits per heavy atom. The number of carbonyl (C=O) groups excluding carboxylic acids is 1. The first-order chi connectivity index (χ1) is 12.1. The van der Waals surface area contributed by atoms with Crippen LogP contribution in [0.25, 0.3) is 0 Å². The van der Waals surface area contributed by atoms with Crippen LogP contribution in [0.4, 0.5) is 5.69 Å². The van der Waals surface area contributed by atoms with Gasteiger partial charge >= 0.3 is 0 Å². The minimum Gasteiger partial charge on any atom is -0.493 e. The van der Waals surface area contributed by atoms with E-state index < -0.39 is 0 Å². The molecule has 0 spiro atoms. The van der Waals surface area contributed by atoms with Crippen molar-refractivity contribution in [3.8, 4) is 17.2 Å². The lowest BCUT2D eigenvalue weighted by Gasteiger charge is -2.37. The number of ether oxygens (including phenoxy) is 3. The highest BCUT2D eigenvalue weighted by atomic mass is 16.5. The summed E-state index contributed by atoms with van der Waals surface area (Å²) in [6, 6.07) is 3.92. The first-order valence-electron chi connectivity index (χ1n) is 8.93. The summed E-state index contributed by atoms with van der Waals surface area (Å²) in [6.45, 7) is 7.24. The Morgan fingerprint density at radius 1 is 0.960 bits per heavy atom. The van der Waals surface area contributed by atoms with E-state index >= 15 is 0 Å². The van der Waals surface area contributed by atoms with Crippen molar-refractivity contribution in [1.82, 2.24) is 4.90 Å². The maximum absolute atomic E-state index is 12.5. The Labute approximate surface area is 150 Å². The van der Waals surface area contributed by atoms with Crippen molar-refractivity contribution in [1.29, 1.82) is 0 Å². The van der Waals surface area contributed by atoms with E-state index in [1.807, 2.05) is 17.0 Å². The monoisotopic (exact) mass is 350 g/mol. The average molecular weight is 350 g/mol. The van der Waals surface area contributed by atoms with E-state index in [1.54, 1.807) is 21.3 Å². The Balaban J connectivity index is 2.11. The molecule has 1 aromatic rings. The van der Waals surface area contributed by atoms with E-state index in [1.165, 1.54) is 0 Å². The van der Waals surface area contributed by atoms with Gasteiger partial charge in [0.2, 0.25) is 11.7 Å². The topological polar surface area (TPSA) is 51.2 Å². The van der Waals surface area contributed by atoms with E-state index in [0.717, 1.165) is 44.7 Å². The second-order valence-electron chi connectivity index (χ2n) is 6.21. The molecular formula is C19H30N2O4. The van der Waals surface area contributed by atoms with E-state index in [2.05, 4.69) is 18.7 Å². The molecule has 2 rings (SSSR count). The van der Waals surface area contributed by atoms with Crippen molar-refractivity contribution >= 4 is 11.6 Å². The van der Waals surface area contributed by atoms with E-state index in [0.29, 0.717) is 17.2 Å². The Kier molecular flexibility index (Phi) is 6.79. The molecule has 1 aliphatic heterocycles. The number of benzene rings is 1. The molecule has 1 aromatic carbocycles. The van der Waals surface area contributed by atoms with Crippen LogP contribution in [0, 0.1) is 5.92 Å². The third kappa shape index (κ3) is 4.11. The molecule has 0 bridgehead atoms. The number of piperazine rings is 1. The zero-order valence-electron chi connectivity index (χ0n) is 16.0. The molecule has 6 heteroatoms. The molecule has 1 amide bonds. The van der Waals surface area contributed by atoms with Gasteiger partial charge in [-0.3, -0.25) is 4.79 Å². The quantitative estimate of drug-likeness (QED) is 0.757. The van der Waals surface area contributed by atoms with Gasteiger partial charge in [-0.05, 0) is 12.8 Å². The molecular weight excluding hydrogens is 320 g/mol. The number of amides is 1. The van der Waals surface area contributed by atoms with Crippen LogP contribution in [0.15, 0.2) is 12.1 Å². The smallest absolute Gasteiger partial charge is 0.225 e. The maximum atomic E-state index is 12.5. The molecule has 0 aromatic heterocycles. The lowest BCUT2D eigenvalue weighted by molar-refractivity contribution is -0.136. The third-order valence-corrected chi connectivity index (χ3v) is 4.94. The van der Waals surface area contributed by atoms with E-state index in [9.17, 15) is 4.79 Å². The Bertz CT molecular complexity index is 554. The fourth-order valence-corrected chi connectivity index (χ4v) is 3.33. The van der Waals surface area contributed by atoms with Gasteiger partial charge in [0.25, 0.3) is 0 Å². The van der Waals surface area contributed by atoms with Crippen LogP contribution in [0.5, 0.6) is 17.2 Å². The largest absolute Gasteiger partial charge is 0.493 e. The maximum Gasteiger partial charge on any atom is 0.225 e. The standard InChI is InChI=1S/C19H30N2O4/c1-6-14(7-2)19(22)21-10-8-20(9-11-21)15-12-16(23-3)18(25-5)17(13-15)24-4/h12-14H,6-11H2,1-5H3. The second kappa shape index (κ2) is 8.83. The van der Waals surface area contributed by atoms with Crippen molar-refractivity contribution in [2.45, 2.75) is 26.7 Å². The van der Waals surface area contributed by atoms with Gasteiger partial charge < -0.3 is 24.0 Å². The fraction of sp³-hybridized carbons (Fsp3) is 0.632. The lowest BCUT2D eigenvalue weighted by Crippen LogP contribution is -2.50. The summed E-state index contributed by atoms with van der Waals surface area (Å²) in [5.41, 5.74) is 1.02. The summed E-state index contributed by atoms with van der Waals surface area (Å²) >= 11 is 0. The minimum absolute atomic E-state index is 0.146. The Morgan fingerprint density at radius 3 is 1.88 bits per heavy atom. The molecule has 0 unspecified atom stereocenters. The van der Waals surface area contributed by atoms with Gasteiger partial charge in [-0.1, -0.05) is 13.8 Å². The molecule has 140 valence electrons. The van der Waals surface area contributed by atoms with Crippen molar-refractivity contribution in [3.05, 3.63) is 12.1 Å². The van der Waals surface area contributed by atoms with Gasteiger partial charge in [-0.2, -0.15) is 0 Å². The first-order valence-corrected chi connectivity index (χ1v) is 8.93. The van der Waals surface area contributed by atoms with Crippen molar-refractivity contribution in [3.63, 3.8) is 0 Å². The average Bonchev–Trinajstić information content (AvgIpc) is 2.67. The molecule has 0 radical (unpaired) electrons. The SMILES string of the molecule is CCC(CC)C(=O)N1CCN(c2cc(OC)c(OC)c(OC)c2)CC1. The minimum atomic E-state index is 0.146. The molecule has 1 fully saturated rings. The van der Waals surface area contributed by atoms with Crippen LogP contribution >= 0.6 is 0 Å². The highest BCUT2D eigenvalue weighted by Crippen LogP contribution is 2.41. The van der Waals surface area contributed by atoms with Crippen LogP contribution in [0.2, 0.25) is 0 Å². The summed E-state index contributed by atoms with van der Waals surface area (Å²) in [4.78, 5) is 16.8. The summed E-state index contributed by atoms with van der Waals surface area (Å²) in [7, 11) is 4.84. The predicted octanol–water partition coefficient (Wildman–Crippen LogP) is 2.80. The van der Waals surface area contributed by atoms with Crippen molar-refractivity contribution in [2.24, 2.45) is 5.92 Å². The molecule has 0 saturated carbocycles. The lowest BCUT2D eigenvalue weighted by atomic mass is 10.0. The molecule has 6 nitrogen and oxygen atoms in total. The summed E-state index contributed by atoms with van der Waals surface area (Å²) < 4.78 is 16.2. The molecule has 0 atom stereocenters. The van der Waals surface area contributed by atoms with Gasteiger partial charge in [-0.15, -0.1) is 0 Å². The zero-order valence-corrected chi connectivity index (χ0v) is 16.0. The number of hydrogen-bond donors (Lipinski definition) is 0. The van der Waals surface area contributed by atoms with Crippen LogP contribution in [-0.4, -0.2) is 58.3 Å². The molecule has 25 heavy (non-hydrogen) atoms. The van der Waals surface area contributed by atoms with Crippen LogP contribution < -0.4 is 19.1 Å². The van der Waals surface area contributed by atoms with Crippen molar-refractivity contribution in [2.75, 3.05) is 52.4 Å². The summed E-state index contributed by atoms with van der Waals surface area (Å²) in [5, 5.41) is 0. The normalized spacial score (nSPS) is 14.6. The van der Waals surface area contributed by atoms with E-state index in [-0.39, 0.29) is 11.8 Å². The van der Waals surface area contributed by atoms with Gasteiger partial charge in [0.1, 0.15) is 0 Å². The molecule has 1 saturated heterocycles. The highest BCUT2D eigenvalue weighted by Gasteiger charge is 2.26. The van der Waals surface area contributed by atoms with E-state index in [4.69, 9.17) is 14.2 Å². The number of nitrogens with zero attached hydrogens (tertiary/aromatic N) is 2. The van der Waals surface area contributed by atoms with Gasteiger partial charge in [-0.25, -0.2) is 0 Å². The fourth-order valence-electron chi connectivity index (χ4n) is 3.33. The molecule has 0 aliphatic carbocycles. The highest BCUT2D eigenvalue weighted by molar-refractivity contribution is 5.79. The third-order valence-electron chi connectivity index (χ3n) is 4.94. The second-order valence-corrected chi connectivity index (χ2v) is 6.21. The Hall–Kier alpha value is -2.11. The number of carbonyl (C=O) groups is 1. The number of anilines is 1. The van der Waals surface area contributed by atoms with Crippen molar-refractivity contribution < 1.29 is 19.0 Å². The zero-order chi connectivity index (χ0) is 18.4. The summed E-state index contributed by atoms with van der Waals surface area (Å²) in [6.07, 6.45) is 1.81. The summed E-state index contributed by atoms with van der Waals surface area (Å²) in [5.74, 6) is 2.32. The van der Waals surface area contributed by atoms with Gasteiger partial charge in [0, 0.05) is 49.9 Å². The van der Waals surface area contributed by atoms with Gasteiger partial charge in [0.15, 0.2) is 11.5 Å². The predicted molar refractivity (Wildman–Crippen MR) is 99.0 cm³/mol. The van der Waals surface area contributed by atoms with Gasteiger partial charge in [0.05, 0.1) is 21.3 Å². The number of rotatable bonds is 7. The first kappa shape index (κ1) is 19.2. The van der Waals surface area contributed by atoms with Crippen LogP contribution in [0.1, 0.15) is 26.7 Å².